The molecule has 82 valence electrons. The van der Waals surface area contributed by atoms with E-state index in [-0.39, 0.29) is 0 Å². The lowest BCUT2D eigenvalue weighted by molar-refractivity contribution is 0.688. The lowest BCUT2D eigenvalue weighted by atomic mass is 10.2. The van der Waals surface area contributed by atoms with Crippen LogP contribution in [0.4, 0.5) is 0 Å². The minimum Gasteiger partial charge on any atom is -0.250 e. The Morgan fingerprint density at radius 1 is 1.13 bits per heavy atom. The number of hydrogen-bond donors (Lipinski definition) is 0. The van der Waals surface area contributed by atoms with Crippen molar-refractivity contribution in [2.45, 2.75) is 31.5 Å². The Bertz CT molecular complexity index is 374. The van der Waals surface area contributed by atoms with Gasteiger partial charge in [-0.05, 0) is 24.5 Å². The Hall–Kier alpha value is -0.673. The topological polar surface area (TPSA) is 17.1 Å². The maximum absolute atomic E-state index is 11.8. The van der Waals surface area contributed by atoms with E-state index in [2.05, 4.69) is 25.3 Å². The third-order valence-electron chi connectivity index (χ3n) is 1.94. The smallest absolute Gasteiger partial charge is 0.0768 e. The molecule has 0 N–H and O–H groups in total. The Kier molecular flexibility index (Phi) is 4.05. The quantitative estimate of drug-likeness (QED) is 0.737. The van der Waals surface area contributed by atoms with Gasteiger partial charge >= 0.3 is 0 Å². The molecule has 1 unspecified atom stereocenters. The summed E-state index contributed by atoms with van der Waals surface area (Å²) in [5.74, 6) is 0. The average Bonchev–Trinajstić information content (AvgIpc) is 2.14. The third kappa shape index (κ3) is 4.58. The minimum absolute atomic E-state index is 0.884. The lowest BCUT2D eigenvalue weighted by Crippen LogP contribution is -2.15. The van der Waals surface area contributed by atoms with Crippen molar-refractivity contribution in [3.63, 3.8) is 0 Å². The monoisotopic (exact) mass is 238 g/mol. The molecule has 0 radical (unpaired) electrons. The van der Waals surface area contributed by atoms with E-state index in [1.165, 1.54) is 5.56 Å². The fourth-order valence-electron chi connectivity index (χ4n) is 1.02. The van der Waals surface area contributed by atoms with Crippen LogP contribution in [0.3, 0.4) is 0 Å². The summed E-state index contributed by atoms with van der Waals surface area (Å²) in [4.78, 5) is 0.884. The van der Waals surface area contributed by atoms with Gasteiger partial charge < -0.3 is 0 Å². The number of hydrogen-bond acceptors (Lipinski definition) is 1. The van der Waals surface area contributed by atoms with Gasteiger partial charge in [0.05, 0.1) is 18.9 Å². The SMILES string of the molecule is Cc1ccc(S(=O)C=C[Si](C)(C)C)cc1. The second-order valence-corrected chi connectivity index (χ2v) is 11.2. The zero-order valence-electron chi connectivity index (χ0n) is 9.78. The summed E-state index contributed by atoms with van der Waals surface area (Å²) in [5, 5.41) is 1.83. The highest BCUT2D eigenvalue weighted by molar-refractivity contribution is 7.88. The van der Waals surface area contributed by atoms with Gasteiger partial charge in [0.1, 0.15) is 0 Å². The van der Waals surface area contributed by atoms with Gasteiger partial charge in [-0.3, -0.25) is 0 Å². The van der Waals surface area contributed by atoms with Crippen LogP contribution in [0.2, 0.25) is 19.6 Å². The Morgan fingerprint density at radius 2 is 1.67 bits per heavy atom. The molecule has 0 fully saturated rings. The first kappa shape index (κ1) is 12.4. The van der Waals surface area contributed by atoms with Crippen LogP contribution in [-0.4, -0.2) is 12.3 Å². The van der Waals surface area contributed by atoms with E-state index in [0.29, 0.717) is 0 Å². The van der Waals surface area contributed by atoms with Gasteiger partial charge in [0.15, 0.2) is 0 Å². The highest BCUT2D eigenvalue weighted by Gasteiger charge is 2.08. The first-order chi connectivity index (χ1) is 6.88. The Labute approximate surface area is 95.7 Å². The molecule has 0 saturated heterocycles. The van der Waals surface area contributed by atoms with Crippen molar-refractivity contribution in [1.82, 2.24) is 0 Å². The molecule has 0 bridgehead atoms. The Morgan fingerprint density at radius 3 is 2.13 bits per heavy atom. The molecule has 1 rings (SSSR count). The highest BCUT2D eigenvalue weighted by atomic mass is 32.2. The molecule has 0 aliphatic rings. The fourth-order valence-corrected chi connectivity index (χ4v) is 3.71. The standard InChI is InChI=1S/C12H18OSSi/c1-11-5-7-12(8-6-11)14(13)9-10-15(2,3)4/h5-10H,1-4H3. The second kappa shape index (κ2) is 4.90. The molecule has 0 saturated carbocycles. The van der Waals surface area contributed by atoms with Crippen molar-refractivity contribution < 1.29 is 4.21 Å². The maximum Gasteiger partial charge on any atom is 0.0768 e. The van der Waals surface area contributed by atoms with Gasteiger partial charge in [-0.2, -0.15) is 0 Å². The van der Waals surface area contributed by atoms with Crippen LogP contribution < -0.4 is 0 Å². The molecule has 3 heteroatoms. The second-order valence-electron chi connectivity index (χ2n) is 4.78. The molecule has 0 spiro atoms. The summed E-state index contributed by atoms with van der Waals surface area (Å²) in [6.07, 6.45) is 0. The van der Waals surface area contributed by atoms with E-state index >= 15 is 0 Å². The molecule has 1 aromatic carbocycles. The van der Waals surface area contributed by atoms with Gasteiger partial charge in [0.25, 0.3) is 0 Å². The third-order valence-corrected chi connectivity index (χ3v) is 4.47. The average molecular weight is 238 g/mol. The molecular weight excluding hydrogens is 220 g/mol. The summed E-state index contributed by atoms with van der Waals surface area (Å²) < 4.78 is 11.8. The van der Waals surface area contributed by atoms with Crippen LogP contribution in [0.1, 0.15) is 5.56 Å². The van der Waals surface area contributed by atoms with E-state index in [1.54, 1.807) is 0 Å². The maximum atomic E-state index is 11.8. The largest absolute Gasteiger partial charge is 0.250 e. The zero-order chi connectivity index (χ0) is 11.5. The number of aryl methyl sites for hydroxylation is 1. The van der Waals surface area contributed by atoms with Crippen LogP contribution in [0.5, 0.6) is 0 Å². The van der Waals surface area contributed by atoms with E-state index in [9.17, 15) is 4.21 Å². The van der Waals surface area contributed by atoms with Crippen molar-refractivity contribution in [2.24, 2.45) is 0 Å². The normalized spacial score (nSPS) is 14.4. The van der Waals surface area contributed by atoms with Crippen molar-refractivity contribution in [1.29, 1.82) is 0 Å². The van der Waals surface area contributed by atoms with Crippen molar-refractivity contribution in [2.75, 3.05) is 0 Å². The predicted molar refractivity (Wildman–Crippen MR) is 70.1 cm³/mol. The summed E-state index contributed by atoms with van der Waals surface area (Å²) in [5.41, 5.74) is 3.33. The summed E-state index contributed by atoms with van der Waals surface area (Å²) in [7, 11) is -2.22. The minimum atomic E-state index is -1.24. The van der Waals surface area contributed by atoms with Crippen molar-refractivity contribution >= 4 is 18.9 Å². The van der Waals surface area contributed by atoms with Crippen LogP contribution in [0, 0.1) is 6.92 Å². The highest BCUT2D eigenvalue weighted by Crippen LogP contribution is 2.11. The van der Waals surface area contributed by atoms with Gasteiger partial charge in [0.2, 0.25) is 0 Å². The number of benzene rings is 1. The molecule has 1 nitrogen and oxygen atoms in total. The molecule has 0 aliphatic carbocycles. The molecule has 0 heterocycles. The van der Waals surface area contributed by atoms with E-state index < -0.39 is 18.9 Å². The molecular formula is C12H18OSSi. The van der Waals surface area contributed by atoms with Gasteiger partial charge in [-0.15, -0.1) is 0 Å². The summed E-state index contributed by atoms with van der Waals surface area (Å²) in [6, 6.07) is 7.85. The van der Waals surface area contributed by atoms with Crippen LogP contribution in [-0.2, 0) is 10.8 Å². The lowest BCUT2D eigenvalue weighted by Gasteiger charge is -2.07. The molecule has 0 aromatic heterocycles. The fraction of sp³-hybridized carbons (Fsp3) is 0.333. The first-order valence-electron chi connectivity index (χ1n) is 5.05. The van der Waals surface area contributed by atoms with E-state index in [0.717, 1.165) is 4.90 Å². The predicted octanol–water partition coefficient (Wildman–Crippen LogP) is 3.49. The first-order valence-corrected chi connectivity index (χ1v) is 9.84. The zero-order valence-corrected chi connectivity index (χ0v) is 11.6. The van der Waals surface area contributed by atoms with Gasteiger partial charge in [-0.25, -0.2) is 4.21 Å². The Balaban J connectivity index is 2.78. The number of rotatable bonds is 3. The summed E-state index contributed by atoms with van der Waals surface area (Å²) >= 11 is 0. The van der Waals surface area contributed by atoms with Crippen LogP contribution in [0.25, 0.3) is 0 Å². The molecule has 0 aliphatic heterocycles. The van der Waals surface area contributed by atoms with Gasteiger partial charge in [0, 0.05) is 4.90 Å². The van der Waals surface area contributed by atoms with Crippen molar-refractivity contribution in [3.05, 3.63) is 40.9 Å². The van der Waals surface area contributed by atoms with Crippen LogP contribution >= 0.6 is 0 Å². The molecule has 1 atom stereocenters. The van der Waals surface area contributed by atoms with Gasteiger partial charge in [-0.1, -0.05) is 43.0 Å². The van der Waals surface area contributed by atoms with Crippen molar-refractivity contribution in [3.8, 4) is 0 Å². The van der Waals surface area contributed by atoms with E-state index in [4.69, 9.17) is 0 Å². The molecule has 15 heavy (non-hydrogen) atoms. The summed E-state index contributed by atoms with van der Waals surface area (Å²) in [6.45, 7) is 8.73. The molecule has 1 aromatic rings. The van der Waals surface area contributed by atoms with Crippen LogP contribution in [0.15, 0.2) is 40.3 Å². The van der Waals surface area contributed by atoms with E-state index in [1.807, 2.05) is 36.6 Å². The molecule has 0 amide bonds.